The van der Waals surface area contributed by atoms with Crippen molar-refractivity contribution in [1.82, 2.24) is 5.43 Å². The zero-order valence-corrected chi connectivity index (χ0v) is 12.4. The van der Waals surface area contributed by atoms with Gasteiger partial charge >= 0.3 is 0 Å². The molecule has 1 atom stereocenters. The third kappa shape index (κ3) is 2.87. The number of carbonyl (C=O) groups is 1. The van der Waals surface area contributed by atoms with E-state index in [0.29, 0.717) is 6.42 Å². The fraction of sp³-hybridized carbons (Fsp3) is 0.429. The van der Waals surface area contributed by atoms with E-state index in [-0.39, 0.29) is 11.8 Å². The predicted octanol–water partition coefficient (Wildman–Crippen LogP) is 2.98. The van der Waals surface area contributed by atoms with Crippen LogP contribution in [0.15, 0.2) is 16.1 Å². The molecule has 0 aliphatic carbocycles. The zero-order valence-electron chi connectivity index (χ0n) is 11.6. The van der Waals surface area contributed by atoms with Gasteiger partial charge in [0.2, 0.25) is 5.91 Å². The van der Waals surface area contributed by atoms with Crippen molar-refractivity contribution >= 4 is 29.0 Å². The molecule has 0 spiro atoms. The first-order valence-corrected chi connectivity index (χ1v) is 7.08. The van der Waals surface area contributed by atoms with Gasteiger partial charge in [-0.15, -0.1) is 11.3 Å². The normalized spacial score (nSPS) is 20.0. The molecule has 0 bridgehead atoms. The number of hydrazone groups is 1. The molecule has 1 amide bonds. The quantitative estimate of drug-likeness (QED) is 0.924. The number of rotatable bonds is 3. The van der Waals surface area contributed by atoms with Crippen LogP contribution in [0.2, 0.25) is 0 Å². The molecule has 1 aromatic heterocycles. The van der Waals surface area contributed by atoms with E-state index in [1.807, 2.05) is 20.8 Å². The van der Waals surface area contributed by atoms with Gasteiger partial charge in [0.25, 0.3) is 0 Å². The first kappa shape index (κ1) is 13.8. The van der Waals surface area contributed by atoms with E-state index in [1.54, 1.807) is 18.4 Å². The van der Waals surface area contributed by atoms with Gasteiger partial charge in [-0.2, -0.15) is 5.10 Å². The third-order valence-corrected chi connectivity index (χ3v) is 4.31. The van der Waals surface area contributed by atoms with Crippen molar-refractivity contribution in [2.45, 2.75) is 27.2 Å². The molecular formula is C14H18N2O2S. The van der Waals surface area contributed by atoms with Gasteiger partial charge < -0.3 is 4.74 Å². The number of nitrogens with one attached hydrogen (secondary N) is 1. The lowest BCUT2D eigenvalue weighted by Crippen LogP contribution is -2.31. The average Bonchev–Trinajstić information content (AvgIpc) is 2.70. The Labute approximate surface area is 117 Å². The number of thiophene rings is 1. The lowest BCUT2D eigenvalue weighted by atomic mass is 9.93. The largest absolute Gasteiger partial charge is 0.487 e. The lowest BCUT2D eigenvalue weighted by Gasteiger charge is -2.19. The topological polar surface area (TPSA) is 50.7 Å². The summed E-state index contributed by atoms with van der Waals surface area (Å²) in [6.07, 6.45) is 2.59. The minimum absolute atomic E-state index is 0.0163. The van der Waals surface area contributed by atoms with Crippen LogP contribution in [0.4, 0.5) is 0 Å². The van der Waals surface area contributed by atoms with Crippen molar-refractivity contribution < 1.29 is 9.53 Å². The van der Waals surface area contributed by atoms with Gasteiger partial charge in [0.05, 0.1) is 12.8 Å². The van der Waals surface area contributed by atoms with E-state index < -0.39 is 0 Å². The van der Waals surface area contributed by atoms with Crippen LogP contribution >= 0.6 is 11.3 Å². The van der Waals surface area contributed by atoms with Crippen molar-refractivity contribution in [2.75, 3.05) is 7.11 Å². The number of hydrogen-bond donors (Lipinski definition) is 1. The van der Waals surface area contributed by atoms with Crippen molar-refractivity contribution in [3.63, 3.8) is 0 Å². The molecule has 1 unspecified atom stereocenters. The van der Waals surface area contributed by atoms with E-state index in [1.165, 1.54) is 0 Å². The van der Waals surface area contributed by atoms with Gasteiger partial charge in [0.1, 0.15) is 0 Å². The maximum atomic E-state index is 11.2. The highest BCUT2D eigenvalue weighted by Gasteiger charge is 2.21. The second-order valence-electron chi connectivity index (χ2n) is 4.77. The fourth-order valence-corrected chi connectivity index (χ4v) is 3.06. The Morgan fingerprint density at radius 1 is 1.63 bits per heavy atom. The Bertz CT molecular complexity index is 558. The van der Waals surface area contributed by atoms with Gasteiger partial charge in [-0.05, 0) is 31.1 Å². The smallest absolute Gasteiger partial charge is 0.240 e. The van der Waals surface area contributed by atoms with E-state index in [0.717, 1.165) is 27.5 Å². The number of amides is 1. The zero-order chi connectivity index (χ0) is 14.0. The molecule has 4 nitrogen and oxygen atoms in total. The van der Waals surface area contributed by atoms with Crippen molar-refractivity contribution in [2.24, 2.45) is 11.0 Å². The Kier molecular flexibility index (Phi) is 4.04. The first-order valence-electron chi connectivity index (χ1n) is 6.20. The molecule has 1 aliphatic rings. The number of methoxy groups -OCH3 is 1. The lowest BCUT2D eigenvalue weighted by molar-refractivity contribution is -0.121. The fourth-order valence-electron chi connectivity index (χ4n) is 2.19. The van der Waals surface area contributed by atoms with E-state index in [9.17, 15) is 4.79 Å². The van der Waals surface area contributed by atoms with E-state index >= 15 is 0 Å². The minimum atomic E-state index is -0.0163. The number of nitrogens with zero attached hydrogens (tertiary/aromatic N) is 1. The highest BCUT2D eigenvalue weighted by molar-refractivity contribution is 7.12. The summed E-state index contributed by atoms with van der Waals surface area (Å²) < 4.78 is 5.29. The Balaban J connectivity index is 2.28. The van der Waals surface area contributed by atoms with Crippen LogP contribution in [-0.4, -0.2) is 18.7 Å². The molecule has 2 heterocycles. The van der Waals surface area contributed by atoms with Crippen LogP contribution in [-0.2, 0) is 4.79 Å². The summed E-state index contributed by atoms with van der Waals surface area (Å²) in [4.78, 5) is 11.2. The molecule has 1 N–H and O–H groups in total. The monoisotopic (exact) mass is 278 g/mol. The maximum absolute atomic E-state index is 11.2. The minimum Gasteiger partial charge on any atom is -0.487 e. The summed E-state index contributed by atoms with van der Waals surface area (Å²) in [6, 6.07) is 0. The molecule has 0 aromatic carbocycles. The highest BCUT2D eigenvalue weighted by Crippen LogP contribution is 2.31. The summed E-state index contributed by atoms with van der Waals surface area (Å²) in [7, 11) is 1.68. The van der Waals surface area contributed by atoms with Crippen LogP contribution in [0.3, 0.4) is 0 Å². The Morgan fingerprint density at radius 3 is 2.95 bits per heavy atom. The summed E-state index contributed by atoms with van der Waals surface area (Å²) in [6.45, 7) is 6.09. The Morgan fingerprint density at radius 2 is 2.37 bits per heavy atom. The molecular weight excluding hydrogens is 260 g/mol. The molecule has 1 aromatic rings. The predicted molar refractivity (Wildman–Crippen MR) is 78.6 cm³/mol. The van der Waals surface area contributed by atoms with Crippen LogP contribution in [0.5, 0.6) is 5.06 Å². The second kappa shape index (κ2) is 5.57. The number of hydrogen-bond acceptors (Lipinski definition) is 4. The molecule has 2 rings (SSSR count). The number of ether oxygens (including phenoxy) is 1. The van der Waals surface area contributed by atoms with Crippen molar-refractivity contribution in [3.8, 4) is 5.06 Å². The van der Waals surface area contributed by atoms with Crippen LogP contribution in [0.1, 0.15) is 31.4 Å². The first-order chi connectivity index (χ1) is 9.02. The molecule has 0 saturated heterocycles. The summed E-state index contributed by atoms with van der Waals surface area (Å²) >= 11 is 1.59. The second-order valence-corrected chi connectivity index (χ2v) is 5.61. The third-order valence-electron chi connectivity index (χ3n) is 3.25. The number of carbonyl (C=O) groups excluding carboxylic acids is 1. The summed E-state index contributed by atoms with van der Waals surface area (Å²) in [5.74, 6) is 0.142. The van der Waals surface area contributed by atoms with Gasteiger partial charge in [0, 0.05) is 23.3 Å². The van der Waals surface area contributed by atoms with E-state index in [2.05, 4.69) is 22.0 Å². The highest BCUT2D eigenvalue weighted by atomic mass is 32.1. The van der Waals surface area contributed by atoms with Crippen LogP contribution in [0, 0.1) is 12.8 Å². The molecule has 5 heteroatoms. The Hall–Kier alpha value is -1.62. The maximum Gasteiger partial charge on any atom is 0.240 e. The summed E-state index contributed by atoms with van der Waals surface area (Å²) in [5, 5.41) is 7.17. The van der Waals surface area contributed by atoms with Crippen LogP contribution in [0.25, 0.3) is 6.08 Å². The standard InChI is InChI=1S/C14H18N2O2S/c1-8(13-9(2)6-12(17)15-16-13)5-11-7-19-14(18-4)10(11)3/h5,7,9H,6H2,1-4H3,(H,15,17). The number of allylic oxidation sites excluding steroid dienone is 1. The van der Waals surface area contributed by atoms with E-state index in [4.69, 9.17) is 4.74 Å². The molecule has 0 radical (unpaired) electrons. The van der Waals surface area contributed by atoms with Gasteiger partial charge in [-0.25, -0.2) is 5.43 Å². The molecule has 1 aliphatic heterocycles. The van der Waals surface area contributed by atoms with Gasteiger partial charge in [-0.3, -0.25) is 4.79 Å². The van der Waals surface area contributed by atoms with Crippen molar-refractivity contribution in [1.29, 1.82) is 0 Å². The molecule has 0 saturated carbocycles. The SMILES string of the molecule is COc1scc(C=C(C)C2=NNC(=O)CC2C)c1C. The summed E-state index contributed by atoms with van der Waals surface area (Å²) in [5.41, 5.74) is 6.86. The average molecular weight is 278 g/mol. The molecule has 19 heavy (non-hydrogen) atoms. The van der Waals surface area contributed by atoms with Crippen LogP contribution < -0.4 is 10.2 Å². The molecule has 0 fully saturated rings. The van der Waals surface area contributed by atoms with Gasteiger partial charge in [-0.1, -0.05) is 6.92 Å². The van der Waals surface area contributed by atoms with Crippen molar-refractivity contribution in [3.05, 3.63) is 22.1 Å². The molecule has 102 valence electrons. The van der Waals surface area contributed by atoms with Gasteiger partial charge in [0.15, 0.2) is 5.06 Å².